The van der Waals surface area contributed by atoms with Gasteiger partial charge in [0.05, 0.1) is 12.5 Å². The third-order valence-electron chi connectivity index (χ3n) is 3.86. The van der Waals surface area contributed by atoms with Crippen LogP contribution in [-0.4, -0.2) is 39.0 Å². The van der Waals surface area contributed by atoms with E-state index in [9.17, 15) is 20.1 Å². The molecule has 0 saturated heterocycles. The summed E-state index contributed by atoms with van der Waals surface area (Å²) in [4.78, 5) is 10.8. The normalized spacial score (nSPS) is 13.4. The molecular weight excluding hydrogens is 322 g/mol. The molecule has 0 bridgehead atoms. The van der Waals surface area contributed by atoms with Crippen molar-refractivity contribution in [2.45, 2.75) is 31.9 Å². The van der Waals surface area contributed by atoms with Crippen molar-refractivity contribution < 1.29 is 25.2 Å². The van der Waals surface area contributed by atoms with E-state index in [4.69, 9.17) is 5.11 Å². The molecule has 25 heavy (non-hydrogen) atoms. The van der Waals surface area contributed by atoms with Gasteiger partial charge in [-0.3, -0.25) is 4.79 Å². The highest BCUT2D eigenvalue weighted by Gasteiger charge is 2.12. The van der Waals surface area contributed by atoms with Gasteiger partial charge in [-0.1, -0.05) is 24.3 Å². The molecule has 5 N–H and O–H groups in total. The second kappa shape index (κ2) is 8.50. The summed E-state index contributed by atoms with van der Waals surface area (Å²) >= 11 is 0. The van der Waals surface area contributed by atoms with Crippen LogP contribution in [0.2, 0.25) is 0 Å². The Morgan fingerprint density at radius 1 is 1.08 bits per heavy atom. The summed E-state index contributed by atoms with van der Waals surface area (Å²) < 4.78 is 0. The lowest BCUT2D eigenvalue weighted by atomic mass is 10.0. The fraction of sp³-hybridized carbons (Fsp3) is 0.316. The Morgan fingerprint density at radius 3 is 2.36 bits per heavy atom. The van der Waals surface area contributed by atoms with E-state index in [0.29, 0.717) is 12.0 Å². The number of benzene rings is 2. The van der Waals surface area contributed by atoms with Gasteiger partial charge in [-0.05, 0) is 42.2 Å². The van der Waals surface area contributed by atoms with Crippen molar-refractivity contribution in [3.05, 3.63) is 59.2 Å². The summed E-state index contributed by atoms with van der Waals surface area (Å²) in [5.41, 5.74) is 2.20. The van der Waals surface area contributed by atoms with Gasteiger partial charge in [0, 0.05) is 18.7 Å². The maximum absolute atomic E-state index is 10.8. The van der Waals surface area contributed by atoms with Gasteiger partial charge in [-0.2, -0.15) is 0 Å². The van der Waals surface area contributed by atoms with Crippen LogP contribution < -0.4 is 5.32 Å². The highest BCUT2D eigenvalue weighted by molar-refractivity contribution is 5.70. The summed E-state index contributed by atoms with van der Waals surface area (Å²) in [5, 5.41) is 41.2. The average Bonchev–Trinajstić information content (AvgIpc) is 2.51. The van der Waals surface area contributed by atoms with E-state index in [1.165, 1.54) is 18.2 Å². The van der Waals surface area contributed by atoms with Crippen LogP contribution in [0, 0.1) is 0 Å². The molecule has 2 unspecified atom stereocenters. The molecule has 2 aromatic carbocycles. The summed E-state index contributed by atoms with van der Waals surface area (Å²) in [6.45, 7) is 2.23. The number of rotatable bonds is 8. The van der Waals surface area contributed by atoms with Crippen LogP contribution >= 0.6 is 0 Å². The van der Waals surface area contributed by atoms with Crippen LogP contribution in [0.5, 0.6) is 11.5 Å². The third kappa shape index (κ3) is 6.10. The number of carboxylic acids is 1. The quantitative estimate of drug-likeness (QED) is 0.500. The largest absolute Gasteiger partial charge is 0.508 e. The molecule has 0 spiro atoms. The van der Waals surface area contributed by atoms with E-state index >= 15 is 0 Å². The van der Waals surface area contributed by atoms with E-state index in [-0.39, 0.29) is 30.5 Å². The fourth-order valence-electron chi connectivity index (χ4n) is 2.71. The summed E-state index contributed by atoms with van der Waals surface area (Å²) in [7, 11) is 0. The Hall–Kier alpha value is -2.57. The first-order chi connectivity index (χ1) is 11.8. The highest BCUT2D eigenvalue weighted by Crippen LogP contribution is 2.24. The summed E-state index contributed by atoms with van der Waals surface area (Å²) in [6, 6.07) is 11.5. The number of aliphatic hydroxyl groups is 1. The van der Waals surface area contributed by atoms with Crippen LogP contribution in [0.25, 0.3) is 0 Å². The lowest BCUT2D eigenvalue weighted by Gasteiger charge is -2.18. The summed E-state index contributed by atoms with van der Waals surface area (Å²) in [6.07, 6.45) is -0.181. The van der Waals surface area contributed by atoms with Gasteiger partial charge >= 0.3 is 5.97 Å². The van der Waals surface area contributed by atoms with Crippen molar-refractivity contribution in [2.75, 3.05) is 6.54 Å². The Morgan fingerprint density at radius 2 is 1.72 bits per heavy atom. The van der Waals surface area contributed by atoms with Gasteiger partial charge in [0.2, 0.25) is 0 Å². The van der Waals surface area contributed by atoms with Crippen LogP contribution in [-0.2, 0) is 17.6 Å². The number of carbonyl (C=O) groups is 1. The Labute approximate surface area is 146 Å². The first kappa shape index (κ1) is 18.8. The molecule has 0 radical (unpaired) electrons. The first-order valence-electron chi connectivity index (χ1n) is 8.07. The minimum absolute atomic E-state index is 0.00461. The van der Waals surface area contributed by atoms with Gasteiger partial charge in [0.15, 0.2) is 0 Å². The first-order valence-corrected chi connectivity index (χ1v) is 8.07. The van der Waals surface area contributed by atoms with Gasteiger partial charge in [-0.15, -0.1) is 0 Å². The topological polar surface area (TPSA) is 110 Å². The Kier molecular flexibility index (Phi) is 6.38. The number of carboxylic acid groups (broad SMARTS) is 1. The van der Waals surface area contributed by atoms with Crippen molar-refractivity contribution in [3.63, 3.8) is 0 Å². The zero-order chi connectivity index (χ0) is 18.4. The molecule has 0 aliphatic rings. The molecule has 2 atom stereocenters. The number of phenolic OH excluding ortho intramolecular Hbond substituents is 2. The maximum Gasteiger partial charge on any atom is 0.307 e. The third-order valence-corrected chi connectivity index (χ3v) is 3.86. The van der Waals surface area contributed by atoms with Gasteiger partial charge in [0.25, 0.3) is 0 Å². The molecule has 0 aromatic heterocycles. The number of aliphatic carboxylic acids is 1. The van der Waals surface area contributed by atoms with Crippen LogP contribution in [0.1, 0.15) is 29.7 Å². The van der Waals surface area contributed by atoms with Crippen LogP contribution in [0.3, 0.4) is 0 Å². The van der Waals surface area contributed by atoms with E-state index in [1.807, 2.05) is 25.1 Å². The SMILES string of the molecule is CC(Cc1cccc(CC(=O)O)c1)NCC(O)c1cc(O)cc(O)c1. The van der Waals surface area contributed by atoms with E-state index in [2.05, 4.69) is 5.32 Å². The summed E-state index contributed by atoms with van der Waals surface area (Å²) in [5.74, 6) is -1.06. The molecule has 0 amide bonds. The predicted octanol–water partition coefficient (Wildman–Crippen LogP) is 1.98. The Bertz CT molecular complexity index is 711. The molecule has 2 aromatic rings. The van der Waals surface area contributed by atoms with Crippen molar-refractivity contribution in [2.24, 2.45) is 0 Å². The van der Waals surface area contributed by atoms with Gasteiger partial charge in [0.1, 0.15) is 11.5 Å². The number of hydrogen-bond acceptors (Lipinski definition) is 5. The molecule has 6 nitrogen and oxygen atoms in total. The van der Waals surface area contributed by atoms with Gasteiger partial charge in [-0.25, -0.2) is 0 Å². The molecule has 0 fully saturated rings. The highest BCUT2D eigenvalue weighted by atomic mass is 16.4. The maximum atomic E-state index is 10.8. The minimum Gasteiger partial charge on any atom is -0.508 e. The lowest BCUT2D eigenvalue weighted by molar-refractivity contribution is -0.136. The zero-order valence-electron chi connectivity index (χ0n) is 14.0. The smallest absolute Gasteiger partial charge is 0.307 e. The predicted molar refractivity (Wildman–Crippen MR) is 93.7 cm³/mol. The van der Waals surface area contributed by atoms with E-state index in [0.717, 1.165) is 11.1 Å². The average molecular weight is 345 g/mol. The molecular formula is C19H23NO5. The van der Waals surface area contributed by atoms with Crippen molar-refractivity contribution in [1.82, 2.24) is 5.32 Å². The van der Waals surface area contributed by atoms with Crippen molar-refractivity contribution >= 4 is 5.97 Å². The van der Waals surface area contributed by atoms with Crippen molar-refractivity contribution in [1.29, 1.82) is 0 Å². The molecule has 0 aliphatic heterocycles. The number of hydrogen-bond donors (Lipinski definition) is 5. The number of phenols is 2. The van der Waals surface area contributed by atoms with Gasteiger partial charge < -0.3 is 25.7 Å². The van der Waals surface area contributed by atoms with Crippen LogP contribution in [0.4, 0.5) is 0 Å². The fourth-order valence-corrected chi connectivity index (χ4v) is 2.71. The second-order valence-electron chi connectivity index (χ2n) is 6.20. The molecule has 2 rings (SSSR count). The lowest BCUT2D eigenvalue weighted by Crippen LogP contribution is -2.32. The molecule has 0 aliphatic carbocycles. The number of aliphatic hydroxyl groups excluding tert-OH is 1. The van der Waals surface area contributed by atoms with Crippen LogP contribution in [0.15, 0.2) is 42.5 Å². The van der Waals surface area contributed by atoms with E-state index < -0.39 is 12.1 Å². The van der Waals surface area contributed by atoms with E-state index in [1.54, 1.807) is 6.07 Å². The standard InChI is InChI=1S/C19H23NO5/c1-12(5-13-3-2-4-14(6-13)7-19(24)25)20-11-18(23)15-8-16(21)10-17(22)9-15/h2-4,6,8-10,12,18,20-23H,5,7,11H2,1H3,(H,24,25). The molecule has 0 saturated carbocycles. The van der Waals surface area contributed by atoms with Crippen molar-refractivity contribution in [3.8, 4) is 11.5 Å². The second-order valence-corrected chi connectivity index (χ2v) is 6.20. The molecule has 134 valence electrons. The zero-order valence-corrected chi connectivity index (χ0v) is 14.0. The number of nitrogens with one attached hydrogen (secondary N) is 1. The molecule has 0 heterocycles. The Balaban J connectivity index is 1.89. The monoisotopic (exact) mass is 345 g/mol. The molecule has 6 heteroatoms. The minimum atomic E-state index is -0.862. The number of aromatic hydroxyl groups is 2.